The molecular formula is C15H15BrN2O3. The molecule has 0 fully saturated rings. The first-order chi connectivity index (χ1) is 9.74. The van der Waals surface area contributed by atoms with E-state index in [0.29, 0.717) is 17.0 Å². The molecule has 0 aliphatic carbocycles. The topological polar surface area (TPSA) is 62.8 Å². The Morgan fingerprint density at radius 2 is 2.00 bits per heavy atom. The number of oxime groups is 1. The Morgan fingerprint density at radius 3 is 2.62 bits per heavy atom. The minimum absolute atomic E-state index is 0. The molecule has 5 nitrogen and oxygen atoms in total. The smallest absolute Gasteiger partial charge is 0.227 e. The second-order valence-corrected chi connectivity index (χ2v) is 4.15. The Labute approximate surface area is 133 Å². The van der Waals surface area contributed by atoms with Crippen molar-refractivity contribution < 1.29 is 36.3 Å². The number of methoxy groups -OCH3 is 1. The molecule has 2 rings (SSSR count). The molecule has 2 aromatic rings. The molecule has 1 N–H and O–H groups in total. The lowest BCUT2D eigenvalue weighted by Gasteiger charge is -2.02. The van der Waals surface area contributed by atoms with Gasteiger partial charge in [-0.05, 0) is 30.3 Å². The molecule has 0 radical (unpaired) electrons. The first kappa shape index (κ1) is 16.8. The number of ketones is 1. The molecule has 110 valence electrons. The highest BCUT2D eigenvalue weighted by Crippen LogP contribution is 2.11. The zero-order valence-electron chi connectivity index (χ0n) is 11.4. The third kappa shape index (κ3) is 4.39. The number of hydrogen-bond acceptors (Lipinski definition) is 4. The number of ether oxygens (including phenoxy) is 1. The highest BCUT2D eigenvalue weighted by atomic mass is 79.9. The Kier molecular flexibility index (Phi) is 6.55. The van der Waals surface area contributed by atoms with Gasteiger partial charge in [-0.2, -0.15) is 4.57 Å². The van der Waals surface area contributed by atoms with Gasteiger partial charge >= 0.3 is 0 Å². The van der Waals surface area contributed by atoms with Gasteiger partial charge in [-0.3, -0.25) is 4.79 Å². The summed E-state index contributed by atoms with van der Waals surface area (Å²) in [6, 6.07) is 12.3. The normalized spacial score (nSPS) is 10.1. The SMILES string of the molecule is COc1ccc(C(=O)C[n+]2ccccc2/C=N\O)cc1.[Br-]. The number of pyridine rings is 1. The quantitative estimate of drug-likeness (QED) is 0.239. The molecular weight excluding hydrogens is 336 g/mol. The molecule has 0 spiro atoms. The van der Waals surface area contributed by atoms with E-state index in [4.69, 9.17) is 9.94 Å². The number of nitrogens with zero attached hydrogens (tertiary/aromatic N) is 2. The maximum atomic E-state index is 12.2. The molecule has 1 heterocycles. The van der Waals surface area contributed by atoms with Crippen LogP contribution in [0.3, 0.4) is 0 Å². The molecule has 6 heteroatoms. The largest absolute Gasteiger partial charge is 1.00 e. The van der Waals surface area contributed by atoms with Crippen LogP contribution in [0, 0.1) is 0 Å². The Morgan fingerprint density at radius 1 is 1.29 bits per heavy atom. The van der Waals surface area contributed by atoms with Gasteiger partial charge in [-0.15, -0.1) is 0 Å². The van der Waals surface area contributed by atoms with Gasteiger partial charge in [0.25, 0.3) is 0 Å². The van der Waals surface area contributed by atoms with Crippen LogP contribution in [0.25, 0.3) is 0 Å². The predicted octanol–water partition coefficient (Wildman–Crippen LogP) is -1.32. The molecule has 0 saturated heterocycles. The van der Waals surface area contributed by atoms with Crippen LogP contribution in [0.4, 0.5) is 0 Å². The third-order valence-corrected chi connectivity index (χ3v) is 2.89. The van der Waals surface area contributed by atoms with Crippen LogP contribution in [0.1, 0.15) is 16.1 Å². The van der Waals surface area contributed by atoms with Gasteiger partial charge in [0, 0.05) is 17.7 Å². The van der Waals surface area contributed by atoms with E-state index in [1.54, 1.807) is 48.2 Å². The van der Waals surface area contributed by atoms with Gasteiger partial charge in [0.1, 0.15) is 12.0 Å². The number of benzene rings is 1. The molecule has 0 atom stereocenters. The van der Waals surface area contributed by atoms with Crippen molar-refractivity contribution in [1.29, 1.82) is 0 Å². The summed E-state index contributed by atoms with van der Waals surface area (Å²) in [7, 11) is 1.58. The molecule has 21 heavy (non-hydrogen) atoms. The predicted molar refractivity (Wildman–Crippen MR) is 73.3 cm³/mol. The lowest BCUT2D eigenvalue weighted by atomic mass is 10.1. The zero-order valence-corrected chi connectivity index (χ0v) is 13.0. The number of halogens is 1. The summed E-state index contributed by atoms with van der Waals surface area (Å²) in [5.74, 6) is 0.679. The zero-order chi connectivity index (χ0) is 14.4. The van der Waals surface area contributed by atoms with Crippen LogP contribution in [-0.4, -0.2) is 24.3 Å². The third-order valence-electron chi connectivity index (χ3n) is 2.89. The van der Waals surface area contributed by atoms with Gasteiger partial charge in [0.15, 0.2) is 6.20 Å². The van der Waals surface area contributed by atoms with Crippen LogP contribution in [0.5, 0.6) is 5.75 Å². The molecule has 1 aromatic carbocycles. The van der Waals surface area contributed by atoms with Crippen LogP contribution >= 0.6 is 0 Å². The van der Waals surface area contributed by atoms with Crippen molar-refractivity contribution in [3.8, 4) is 5.75 Å². The summed E-state index contributed by atoms with van der Waals surface area (Å²) in [6.45, 7) is 0.175. The fourth-order valence-corrected chi connectivity index (χ4v) is 1.83. The van der Waals surface area contributed by atoms with Crippen LogP contribution in [0.15, 0.2) is 53.8 Å². The summed E-state index contributed by atoms with van der Waals surface area (Å²) in [5, 5.41) is 11.6. The maximum absolute atomic E-state index is 12.2. The summed E-state index contributed by atoms with van der Waals surface area (Å²) in [5.41, 5.74) is 1.26. The molecule has 0 aliphatic rings. The highest BCUT2D eigenvalue weighted by Gasteiger charge is 2.15. The fraction of sp³-hybridized carbons (Fsp3) is 0.133. The van der Waals surface area contributed by atoms with E-state index in [9.17, 15) is 4.79 Å². The number of carbonyl (C=O) groups excluding carboxylic acids is 1. The van der Waals surface area contributed by atoms with Gasteiger partial charge in [0.2, 0.25) is 18.0 Å². The lowest BCUT2D eigenvalue weighted by Crippen LogP contribution is -3.00. The van der Waals surface area contributed by atoms with E-state index < -0.39 is 0 Å². The van der Waals surface area contributed by atoms with Gasteiger partial charge in [-0.1, -0.05) is 5.16 Å². The van der Waals surface area contributed by atoms with E-state index in [0.717, 1.165) is 0 Å². The Hall–Kier alpha value is -2.21. The van der Waals surface area contributed by atoms with Crippen LogP contribution in [-0.2, 0) is 6.54 Å². The number of carbonyl (C=O) groups is 1. The Balaban J connectivity index is 0.00000220. The van der Waals surface area contributed by atoms with Crippen LogP contribution < -0.4 is 26.3 Å². The number of rotatable bonds is 5. The second-order valence-electron chi connectivity index (χ2n) is 4.15. The number of Topliss-reactive ketones (excluding diaryl/α,β-unsaturated/α-hetero) is 1. The summed E-state index contributed by atoms with van der Waals surface area (Å²) >= 11 is 0. The summed E-state index contributed by atoms with van der Waals surface area (Å²) in [4.78, 5) is 12.2. The van der Waals surface area contributed by atoms with Crippen molar-refractivity contribution in [1.82, 2.24) is 0 Å². The molecule has 1 aromatic heterocycles. The van der Waals surface area contributed by atoms with E-state index in [1.807, 2.05) is 12.1 Å². The van der Waals surface area contributed by atoms with Crippen LogP contribution in [0.2, 0.25) is 0 Å². The van der Waals surface area contributed by atoms with Gasteiger partial charge < -0.3 is 26.9 Å². The van der Waals surface area contributed by atoms with E-state index in [2.05, 4.69) is 5.16 Å². The number of hydrogen-bond donors (Lipinski definition) is 1. The highest BCUT2D eigenvalue weighted by molar-refractivity contribution is 5.95. The van der Waals surface area contributed by atoms with Crippen molar-refractivity contribution in [2.45, 2.75) is 6.54 Å². The molecule has 0 saturated carbocycles. The first-order valence-corrected chi connectivity index (χ1v) is 6.07. The molecule has 0 amide bonds. The van der Waals surface area contributed by atoms with Crippen molar-refractivity contribution in [2.24, 2.45) is 5.16 Å². The maximum Gasteiger partial charge on any atom is 0.227 e. The molecule has 0 unspecified atom stereocenters. The monoisotopic (exact) mass is 350 g/mol. The Bertz CT molecular complexity index is 627. The first-order valence-electron chi connectivity index (χ1n) is 6.07. The van der Waals surface area contributed by atoms with E-state index in [1.165, 1.54) is 6.21 Å². The van der Waals surface area contributed by atoms with E-state index in [-0.39, 0.29) is 29.3 Å². The second kappa shape index (κ2) is 8.16. The fourth-order valence-electron chi connectivity index (χ4n) is 1.83. The minimum Gasteiger partial charge on any atom is -1.00 e. The van der Waals surface area contributed by atoms with Crippen molar-refractivity contribution in [3.05, 3.63) is 59.9 Å². The van der Waals surface area contributed by atoms with Gasteiger partial charge in [0.05, 0.1) is 7.11 Å². The van der Waals surface area contributed by atoms with Crippen molar-refractivity contribution >= 4 is 12.0 Å². The summed E-state index contributed by atoms with van der Waals surface area (Å²) < 4.78 is 6.77. The minimum atomic E-state index is -0.0311. The van der Waals surface area contributed by atoms with Crippen molar-refractivity contribution in [2.75, 3.05) is 7.11 Å². The average Bonchev–Trinajstić information content (AvgIpc) is 2.49. The summed E-state index contributed by atoms with van der Waals surface area (Å²) in [6.07, 6.45) is 3.06. The number of aromatic nitrogens is 1. The lowest BCUT2D eigenvalue weighted by molar-refractivity contribution is -0.684. The van der Waals surface area contributed by atoms with Gasteiger partial charge in [-0.25, -0.2) is 0 Å². The molecule has 0 bridgehead atoms. The van der Waals surface area contributed by atoms with E-state index >= 15 is 0 Å². The van der Waals surface area contributed by atoms with Crippen molar-refractivity contribution in [3.63, 3.8) is 0 Å². The average molecular weight is 351 g/mol. The standard InChI is InChI=1S/C15H14N2O3.BrH/c1-20-14-7-5-12(6-8-14)15(18)11-17-9-3-2-4-13(17)10-16-19;/h2-10H,11H2,1H3;1H. The molecule has 0 aliphatic heterocycles.